The van der Waals surface area contributed by atoms with Gasteiger partial charge in [0.05, 0.1) is 5.56 Å². The minimum atomic E-state index is -1.13. The number of nitrogens with zero attached hydrogens (tertiary/aromatic N) is 2. The molecular formula is C11H9BrN2O4. The molecule has 0 fully saturated rings. The van der Waals surface area contributed by atoms with Crippen molar-refractivity contribution in [2.45, 2.75) is 0 Å². The largest absolute Gasteiger partial charge is 0.480 e. The van der Waals surface area contributed by atoms with Gasteiger partial charge >= 0.3 is 11.9 Å². The summed E-state index contributed by atoms with van der Waals surface area (Å²) in [5, 5.41) is 26.2. The smallest absolute Gasteiger partial charge is 0.323 e. The van der Waals surface area contributed by atoms with E-state index >= 15 is 0 Å². The van der Waals surface area contributed by atoms with Crippen molar-refractivity contribution in [2.75, 3.05) is 18.0 Å². The lowest BCUT2D eigenvalue weighted by Gasteiger charge is -2.20. The van der Waals surface area contributed by atoms with Gasteiger partial charge < -0.3 is 15.1 Å². The molecule has 0 unspecified atom stereocenters. The first-order valence-electron chi connectivity index (χ1n) is 4.82. The molecule has 7 heteroatoms. The monoisotopic (exact) mass is 312 g/mol. The van der Waals surface area contributed by atoms with Crippen molar-refractivity contribution in [2.24, 2.45) is 0 Å². The topological polar surface area (TPSA) is 102 Å². The Morgan fingerprint density at radius 3 is 2.22 bits per heavy atom. The molecule has 0 atom stereocenters. The van der Waals surface area contributed by atoms with Crippen LogP contribution in [0.1, 0.15) is 5.56 Å². The van der Waals surface area contributed by atoms with Gasteiger partial charge in [-0.1, -0.05) is 0 Å². The first-order chi connectivity index (χ1) is 8.43. The molecule has 94 valence electrons. The lowest BCUT2D eigenvalue weighted by molar-refractivity contribution is -0.136. The number of benzene rings is 1. The number of halogens is 1. The van der Waals surface area contributed by atoms with Crippen LogP contribution in [-0.2, 0) is 9.59 Å². The van der Waals surface area contributed by atoms with Crippen LogP contribution in [0.25, 0.3) is 0 Å². The van der Waals surface area contributed by atoms with Gasteiger partial charge in [-0.15, -0.1) is 0 Å². The van der Waals surface area contributed by atoms with E-state index in [1.165, 1.54) is 23.1 Å². The molecule has 0 aliphatic rings. The number of carboxylic acids is 2. The number of hydrogen-bond acceptors (Lipinski definition) is 4. The van der Waals surface area contributed by atoms with Crippen molar-refractivity contribution in [3.05, 3.63) is 28.2 Å². The Morgan fingerprint density at radius 1 is 1.28 bits per heavy atom. The Morgan fingerprint density at radius 2 is 1.83 bits per heavy atom. The molecule has 0 saturated carbocycles. The fourth-order valence-corrected chi connectivity index (χ4v) is 1.81. The zero-order valence-corrected chi connectivity index (χ0v) is 10.7. The van der Waals surface area contributed by atoms with Gasteiger partial charge in [0.2, 0.25) is 0 Å². The number of rotatable bonds is 5. The Kier molecular flexibility index (Phi) is 4.68. The molecule has 0 aliphatic carbocycles. The highest BCUT2D eigenvalue weighted by Crippen LogP contribution is 2.23. The van der Waals surface area contributed by atoms with Crippen molar-refractivity contribution in [3.8, 4) is 6.07 Å². The predicted octanol–water partition coefficient (Wildman–Crippen LogP) is 1.30. The van der Waals surface area contributed by atoms with Gasteiger partial charge in [-0.3, -0.25) is 9.59 Å². The van der Waals surface area contributed by atoms with Crippen molar-refractivity contribution >= 4 is 33.6 Å². The summed E-state index contributed by atoms with van der Waals surface area (Å²) >= 11 is 3.16. The van der Waals surface area contributed by atoms with Gasteiger partial charge in [0.1, 0.15) is 19.2 Å². The number of nitriles is 1. The summed E-state index contributed by atoms with van der Waals surface area (Å²) in [6.07, 6.45) is 0. The second-order valence-corrected chi connectivity index (χ2v) is 4.27. The van der Waals surface area contributed by atoms with Crippen molar-refractivity contribution in [1.82, 2.24) is 0 Å². The Bertz CT molecular complexity index is 508. The summed E-state index contributed by atoms with van der Waals surface area (Å²) in [6.45, 7) is -0.852. The van der Waals surface area contributed by atoms with Crippen LogP contribution in [0, 0.1) is 11.3 Å². The number of carbonyl (C=O) groups is 2. The summed E-state index contributed by atoms with van der Waals surface area (Å²) in [7, 11) is 0. The summed E-state index contributed by atoms with van der Waals surface area (Å²) in [6, 6.07) is 6.47. The number of aliphatic carboxylic acids is 2. The van der Waals surface area contributed by atoms with Gasteiger partial charge in [0.15, 0.2) is 0 Å². The molecule has 0 saturated heterocycles. The van der Waals surface area contributed by atoms with Crippen LogP contribution in [0.3, 0.4) is 0 Å². The number of hydrogen-bond donors (Lipinski definition) is 2. The first kappa shape index (κ1) is 14.0. The van der Waals surface area contributed by atoms with Crippen LogP contribution < -0.4 is 4.90 Å². The van der Waals surface area contributed by atoms with Crippen LogP contribution >= 0.6 is 15.9 Å². The fourth-order valence-electron chi connectivity index (χ4n) is 1.36. The fraction of sp³-hybridized carbons (Fsp3) is 0.182. The maximum Gasteiger partial charge on any atom is 0.323 e. The molecule has 1 rings (SSSR count). The SMILES string of the molecule is N#Cc1ccc(N(CC(=O)O)CC(=O)O)cc1Br. The average Bonchev–Trinajstić information content (AvgIpc) is 2.26. The third kappa shape index (κ3) is 3.75. The highest BCUT2D eigenvalue weighted by atomic mass is 79.9. The minimum Gasteiger partial charge on any atom is -0.480 e. The van der Waals surface area contributed by atoms with Gasteiger partial charge in [-0.25, -0.2) is 0 Å². The minimum absolute atomic E-state index is 0.393. The quantitative estimate of drug-likeness (QED) is 0.849. The summed E-state index contributed by atoms with van der Waals surface area (Å²) < 4.78 is 0.489. The van der Waals surface area contributed by atoms with E-state index in [1.54, 1.807) is 0 Å². The van der Waals surface area contributed by atoms with Crippen molar-refractivity contribution in [1.29, 1.82) is 5.26 Å². The van der Waals surface area contributed by atoms with E-state index in [-0.39, 0.29) is 0 Å². The van der Waals surface area contributed by atoms with Crippen LogP contribution in [-0.4, -0.2) is 35.2 Å². The van der Waals surface area contributed by atoms with E-state index in [0.29, 0.717) is 15.7 Å². The maximum atomic E-state index is 10.7. The molecule has 0 spiro atoms. The van der Waals surface area contributed by atoms with Crippen molar-refractivity contribution < 1.29 is 19.8 Å². The number of anilines is 1. The number of carboxylic acid groups (broad SMARTS) is 2. The third-order valence-electron chi connectivity index (χ3n) is 2.09. The summed E-state index contributed by atoms with van der Waals surface area (Å²) in [5.41, 5.74) is 0.815. The van der Waals surface area contributed by atoms with Gasteiger partial charge in [-0.2, -0.15) is 5.26 Å². The standard InChI is InChI=1S/C11H9BrN2O4/c12-9-3-8(2-1-7(9)4-13)14(5-10(15)16)6-11(17)18/h1-3H,5-6H2,(H,15,16)(H,17,18). The Balaban J connectivity index is 3.05. The highest BCUT2D eigenvalue weighted by molar-refractivity contribution is 9.10. The van der Waals surface area contributed by atoms with E-state index in [0.717, 1.165) is 0 Å². The van der Waals surface area contributed by atoms with E-state index in [9.17, 15) is 9.59 Å². The normalized spacial score (nSPS) is 9.56. The molecular weight excluding hydrogens is 304 g/mol. The molecule has 0 heterocycles. The molecule has 6 nitrogen and oxygen atoms in total. The lowest BCUT2D eigenvalue weighted by Crippen LogP contribution is -2.34. The van der Waals surface area contributed by atoms with E-state index < -0.39 is 25.0 Å². The molecule has 1 aromatic rings. The second-order valence-electron chi connectivity index (χ2n) is 3.42. The zero-order chi connectivity index (χ0) is 13.7. The molecule has 18 heavy (non-hydrogen) atoms. The van der Waals surface area contributed by atoms with E-state index in [1.807, 2.05) is 6.07 Å². The Labute approximate surface area is 111 Å². The van der Waals surface area contributed by atoms with Gasteiger partial charge in [-0.05, 0) is 34.1 Å². The molecule has 0 aromatic heterocycles. The molecule has 1 aromatic carbocycles. The van der Waals surface area contributed by atoms with E-state index in [2.05, 4.69) is 15.9 Å². The van der Waals surface area contributed by atoms with Gasteiger partial charge in [0, 0.05) is 10.2 Å². The molecule has 0 bridgehead atoms. The zero-order valence-electron chi connectivity index (χ0n) is 9.13. The molecule has 0 aliphatic heterocycles. The highest BCUT2D eigenvalue weighted by Gasteiger charge is 2.15. The maximum absolute atomic E-state index is 10.7. The second kappa shape index (κ2) is 6.02. The predicted molar refractivity (Wildman–Crippen MR) is 66.3 cm³/mol. The van der Waals surface area contributed by atoms with Crippen LogP contribution in [0.2, 0.25) is 0 Å². The van der Waals surface area contributed by atoms with Crippen LogP contribution in [0.4, 0.5) is 5.69 Å². The molecule has 0 radical (unpaired) electrons. The lowest BCUT2D eigenvalue weighted by atomic mass is 10.2. The van der Waals surface area contributed by atoms with Crippen LogP contribution in [0.15, 0.2) is 22.7 Å². The van der Waals surface area contributed by atoms with E-state index in [4.69, 9.17) is 15.5 Å². The summed E-state index contributed by atoms with van der Waals surface area (Å²) in [5.74, 6) is -2.26. The molecule has 0 amide bonds. The average molecular weight is 313 g/mol. The molecule has 2 N–H and O–H groups in total. The third-order valence-corrected chi connectivity index (χ3v) is 2.75. The van der Waals surface area contributed by atoms with Gasteiger partial charge in [0.25, 0.3) is 0 Å². The van der Waals surface area contributed by atoms with Crippen LogP contribution in [0.5, 0.6) is 0 Å². The first-order valence-corrected chi connectivity index (χ1v) is 5.61. The Hall–Kier alpha value is -2.07. The van der Waals surface area contributed by atoms with Crippen molar-refractivity contribution in [3.63, 3.8) is 0 Å². The summed E-state index contributed by atoms with van der Waals surface area (Å²) in [4.78, 5) is 22.5.